The van der Waals surface area contributed by atoms with Crippen LogP contribution in [0.2, 0.25) is 0 Å². The number of rotatable bonds is 4. The molecule has 2 saturated carbocycles. The molecule has 0 aromatic carbocycles. The molecule has 2 atom stereocenters. The maximum atomic E-state index is 15.2. The van der Waals surface area contributed by atoms with Crippen LogP contribution in [0.15, 0.2) is 17.1 Å². The molecule has 3 heterocycles. The number of aromatic nitrogens is 2. The van der Waals surface area contributed by atoms with E-state index in [-0.39, 0.29) is 34.3 Å². The van der Waals surface area contributed by atoms with Crippen molar-refractivity contribution >= 4 is 28.9 Å². The number of ether oxygens (including phenoxy) is 1. The van der Waals surface area contributed by atoms with Crippen LogP contribution < -0.4 is 15.6 Å². The van der Waals surface area contributed by atoms with Gasteiger partial charge in [-0.3, -0.25) is 4.79 Å². The molecule has 1 spiro atoms. The van der Waals surface area contributed by atoms with Crippen LogP contribution in [0.5, 0.6) is 0 Å². The Labute approximate surface area is 195 Å². The monoisotopic (exact) mass is 472 g/mol. The molecule has 1 amide bonds. The van der Waals surface area contributed by atoms with Crippen molar-refractivity contribution in [1.29, 1.82) is 0 Å². The number of fused-ring (bicyclic) bond motifs is 1. The minimum Gasteiger partial charge on any atom is -0.477 e. The van der Waals surface area contributed by atoms with Crippen molar-refractivity contribution in [3.05, 3.63) is 33.9 Å². The van der Waals surface area contributed by atoms with Crippen molar-refractivity contribution in [2.24, 2.45) is 5.41 Å². The summed E-state index contributed by atoms with van der Waals surface area (Å²) in [4.78, 5) is 42.9. The largest absolute Gasteiger partial charge is 0.477 e. The second-order valence-corrected chi connectivity index (χ2v) is 10.8. The summed E-state index contributed by atoms with van der Waals surface area (Å²) in [7, 11) is 0. The summed E-state index contributed by atoms with van der Waals surface area (Å²) >= 11 is 0. The highest BCUT2D eigenvalue weighted by molar-refractivity contribution is 5.92. The summed E-state index contributed by atoms with van der Waals surface area (Å²) in [6, 6.07) is 1.14. The fourth-order valence-electron chi connectivity index (χ4n) is 5.04. The molecule has 2 aromatic rings. The van der Waals surface area contributed by atoms with Crippen molar-refractivity contribution in [2.45, 2.75) is 70.6 Å². The Morgan fingerprint density at radius 1 is 1.32 bits per heavy atom. The molecule has 0 unspecified atom stereocenters. The van der Waals surface area contributed by atoms with Crippen LogP contribution in [0, 0.1) is 11.2 Å². The SMILES string of the molecule is CC(C)(C)OC(=O)N[C@H]1C[C@]12CCCN(c1nc3c(cc1F)c(=O)c(C(=O)O)cn3C1CC1)C2. The summed E-state index contributed by atoms with van der Waals surface area (Å²) in [5.74, 6) is -1.82. The number of nitrogens with zero attached hydrogens (tertiary/aromatic N) is 3. The maximum Gasteiger partial charge on any atom is 0.407 e. The van der Waals surface area contributed by atoms with E-state index in [9.17, 15) is 19.5 Å². The van der Waals surface area contributed by atoms with E-state index in [1.54, 1.807) is 4.57 Å². The first kappa shape index (κ1) is 22.6. The van der Waals surface area contributed by atoms with E-state index >= 15 is 4.39 Å². The lowest BCUT2D eigenvalue weighted by Gasteiger charge is -2.35. The Balaban J connectivity index is 1.43. The lowest BCUT2D eigenvalue weighted by atomic mass is 9.94. The highest BCUT2D eigenvalue weighted by atomic mass is 19.1. The van der Waals surface area contributed by atoms with E-state index in [1.165, 1.54) is 6.20 Å². The molecular formula is C24H29FN4O5. The third-order valence-electron chi connectivity index (χ3n) is 6.90. The number of aromatic carboxylic acids is 1. The first-order valence-electron chi connectivity index (χ1n) is 11.7. The van der Waals surface area contributed by atoms with Crippen molar-refractivity contribution in [2.75, 3.05) is 18.0 Å². The van der Waals surface area contributed by atoms with Gasteiger partial charge in [-0.1, -0.05) is 0 Å². The summed E-state index contributed by atoms with van der Waals surface area (Å²) in [6.45, 7) is 6.58. The fraction of sp³-hybridized carbons (Fsp3) is 0.583. The molecule has 0 radical (unpaired) electrons. The molecule has 9 nitrogen and oxygen atoms in total. The molecule has 10 heteroatoms. The lowest BCUT2D eigenvalue weighted by molar-refractivity contribution is 0.0514. The number of anilines is 1. The molecule has 3 fully saturated rings. The van der Waals surface area contributed by atoms with Gasteiger partial charge in [0.1, 0.15) is 16.8 Å². The molecular weight excluding hydrogens is 443 g/mol. The van der Waals surface area contributed by atoms with Crippen LogP contribution in [0.25, 0.3) is 11.0 Å². The number of amides is 1. The number of nitrogens with one attached hydrogen (secondary N) is 1. The number of pyridine rings is 2. The van der Waals surface area contributed by atoms with Crippen molar-refractivity contribution in [1.82, 2.24) is 14.9 Å². The van der Waals surface area contributed by atoms with Crippen LogP contribution in [0.3, 0.4) is 0 Å². The number of carboxylic acids is 1. The molecule has 1 aliphatic heterocycles. The van der Waals surface area contributed by atoms with E-state index in [1.807, 2.05) is 25.7 Å². The average molecular weight is 473 g/mol. The zero-order valence-corrected chi connectivity index (χ0v) is 19.6. The molecule has 2 N–H and O–H groups in total. The van der Waals surface area contributed by atoms with Gasteiger partial charge in [-0.2, -0.15) is 0 Å². The van der Waals surface area contributed by atoms with Gasteiger partial charge in [0.15, 0.2) is 11.6 Å². The molecule has 5 rings (SSSR count). The number of alkyl carbamates (subject to hydrolysis) is 1. The zero-order chi connectivity index (χ0) is 24.4. The number of carbonyl (C=O) groups is 2. The van der Waals surface area contributed by atoms with Crippen molar-refractivity contribution in [3.8, 4) is 0 Å². The van der Waals surface area contributed by atoms with E-state index in [0.29, 0.717) is 18.7 Å². The van der Waals surface area contributed by atoms with Gasteiger partial charge in [0.25, 0.3) is 0 Å². The smallest absolute Gasteiger partial charge is 0.407 e. The second-order valence-electron chi connectivity index (χ2n) is 10.8. The van der Waals surface area contributed by atoms with E-state index in [2.05, 4.69) is 10.3 Å². The minimum atomic E-state index is -1.33. The molecule has 2 aliphatic carbocycles. The predicted octanol–water partition coefficient (Wildman–Crippen LogP) is 3.45. The topological polar surface area (TPSA) is 114 Å². The molecule has 1 saturated heterocycles. The number of carbonyl (C=O) groups excluding carboxylic acids is 1. The quantitative estimate of drug-likeness (QED) is 0.701. The van der Waals surface area contributed by atoms with Gasteiger partial charge < -0.3 is 24.6 Å². The number of carboxylic acid groups (broad SMARTS) is 1. The lowest BCUT2D eigenvalue weighted by Crippen LogP contribution is -2.43. The molecule has 34 heavy (non-hydrogen) atoms. The van der Waals surface area contributed by atoms with Gasteiger partial charge in [0.05, 0.1) is 5.39 Å². The Morgan fingerprint density at radius 2 is 2.06 bits per heavy atom. The Kier molecular flexibility index (Phi) is 5.11. The maximum absolute atomic E-state index is 15.2. The summed E-state index contributed by atoms with van der Waals surface area (Å²) in [5, 5.41) is 12.3. The summed E-state index contributed by atoms with van der Waals surface area (Å²) in [6.07, 6.45) is 5.11. The highest BCUT2D eigenvalue weighted by Gasteiger charge is 2.57. The number of halogens is 1. The van der Waals surface area contributed by atoms with Crippen LogP contribution in [-0.2, 0) is 4.74 Å². The van der Waals surface area contributed by atoms with E-state index in [4.69, 9.17) is 4.74 Å². The van der Waals surface area contributed by atoms with Crippen LogP contribution in [0.1, 0.15) is 69.3 Å². The predicted molar refractivity (Wildman–Crippen MR) is 123 cm³/mol. The second kappa shape index (κ2) is 7.68. The van der Waals surface area contributed by atoms with Crippen LogP contribution in [-0.4, -0.2) is 51.5 Å². The number of hydrogen-bond acceptors (Lipinski definition) is 6. The van der Waals surface area contributed by atoms with E-state index in [0.717, 1.165) is 38.2 Å². The fourth-order valence-corrected chi connectivity index (χ4v) is 5.04. The van der Waals surface area contributed by atoms with Gasteiger partial charge >= 0.3 is 12.1 Å². The van der Waals surface area contributed by atoms with Gasteiger partial charge in [-0.25, -0.2) is 19.0 Å². The van der Waals surface area contributed by atoms with Crippen molar-refractivity contribution in [3.63, 3.8) is 0 Å². The van der Waals surface area contributed by atoms with Gasteiger partial charge in [0.2, 0.25) is 5.43 Å². The molecule has 0 bridgehead atoms. The Hall–Kier alpha value is -3.17. The zero-order valence-electron chi connectivity index (χ0n) is 19.6. The first-order chi connectivity index (χ1) is 16.0. The average Bonchev–Trinajstić information content (AvgIpc) is 3.65. The summed E-state index contributed by atoms with van der Waals surface area (Å²) < 4.78 is 22.3. The van der Waals surface area contributed by atoms with Gasteiger partial charge in [0, 0.05) is 36.8 Å². The standard InChI is InChI=1S/C24H29FN4O5/c1-23(2,3)34-22(33)26-17-10-24(17)7-4-8-28(12-24)20-16(25)9-14-18(30)15(21(31)32)11-29(13-5-6-13)19(14)27-20/h9,11,13,17H,4-8,10,12H2,1-3H3,(H,26,33)(H,31,32)/t17-,24-/m0/s1. The minimum absolute atomic E-state index is 0.0179. The third-order valence-corrected chi connectivity index (χ3v) is 6.90. The van der Waals surface area contributed by atoms with Crippen LogP contribution in [0.4, 0.5) is 15.0 Å². The summed E-state index contributed by atoms with van der Waals surface area (Å²) in [5.41, 5.74) is -1.54. The third kappa shape index (κ3) is 4.10. The number of piperidine rings is 1. The van der Waals surface area contributed by atoms with Crippen LogP contribution >= 0.6 is 0 Å². The van der Waals surface area contributed by atoms with Crippen molar-refractivity contribution < 1.29 is 23.8 Å². The number of hydrogen-bond donors (Lipinski definition) is 2. The Morgan fingerprint density at radius 3 is 2.71 bits per heavy atom. The highest BCUT2D eigenvalue weighted by Crippen LogP contribution is 2.53. The molecule has 2 aromatic heterocycles. The molecule has 182 valence electrons. The first-order valence-corrected chi connectivity index (χ1v) is 11.7. The van der Waals surface area contributed by atoms with Gasteiger partial charge in [-0.15, -0.1) is 0 Å². The van der Waals surface area contributed by atoms with E-state index < -0.39 is 28.9 Å². The van der Waals surface area contributed by atoms with Gasteiger partial charge in [-0.05, 0) is 58.9 Å². The Bertz CT molecular complexity index is 1250. The molecule has 3 aliphatic rings. The normalized spacial score (nSPS) is 24.4.